The van der Waals surface area contributed by atoms with Gasteiger partial charge in [0.1, 0.15) is 5.69 Å². The molecule has 2 saturated heterocycles. The van der Waals surface area contributed by atoms with Crippen molar-refractivity contribution in [1.29, 1.82) is 0 Å². The smallest absolute Gasteiger partial charge is 0.270 e. The van der Waals surface area contributed by atoms with Crippen molar-refractivity contribution in [2.45, 2.75) is 38.2 Å². The molecular weight excluding hydrogens is 354 g/mol. The summed E-state index contributed by atoms with van der Waals surface area (Å²) in [5.74, 6) is 0.205. The van der Waals surface area contributed by atoms with Crippen LogP contribution in [0.5, 0.6) is 0 Å². The molecule has 2 aromatic rings. The molecule has 0 bridgehead atoms. The maximum Gasteiger partial charge on any atom is 0.270 e. The van der Waals surface area contributed by atoms with Gasteiger partial charge in [-0.25, -0.2) is 9.97 Å². The molecule has 0 saturated carbocycles. The van der Waals surface area contributed by atoms with Crippen molar-refractivity contribution >= 4 is 23.2 Å². The summed E-state index contributed by atoms with van der Waals surface area (Å²) in [7, 11) is 0. The van der Waals surface area contributed by atoms with Crippen LogP contribution < -0.4 is 15.5 Å². The zero-order valence-electron chi connectivity index (χ0n) is 16.1. The van der Waals surface area contributed by atoms with Crippen molar-refractivity contribution in [3.05, 3.63) is 42.2 Å². The number of anilines is 3. The molecule has 2 aliphatic rings. The van der Waals surface area contributed by atoms with Crippen LogP contribution >= 0.6 is 0 Å². The monoisotopic (exact) mass is 381 g/mol. The number of hydrogen-bond acceptors (Lipinski definition) is 6. The van der Waals surface area contributed by atoms with Crippen molar-refractivity contribution in [2.75, 3.05) is 36.5 Å². The third-order valence-corrected chi connectivity index (χ3v) is 5.25. The second-order valence-corrected chi connectivity index (χ2v) is 7.33. The van der Waals surface area contributed by atoms with E-state index in [0.717, 1.165) is 38.2 Å². The van der Waals surface area contributed by atoms with E-state index in [0.29, 0.717) is 18.2 Å². The van der Waals surface area contributed by atoms with E-state index in [1.165, 1.54) is 24.9 Å². The summed E-state index contributed by atoms with van der Waals surface area (Å²) >= 11 is 0. The minimum absolute atomic E-state index is 0.113. The molecule has 7 nitrogen and oxygen atoms in total. The van der Waals surface area contributed by atoms with Crippen LogP contribution in [0.2, 0.25) is 0 Å². The number of ether oxygens (including phenoxy) is 1. The number of nitrogens with zero attached hydrogens (tertiary/aromatic N) is 3. The number of carbonyl (C=O) groups excluding carboxylic acids is 1. The predicted molar refractivity (Wildman–Crippen MR) is 109 cm³/mol. The standard InChI is InChI=1S/C21H27N5O2/c27-20(23-15-18-5-4-14-28-18)19-10-11-22-21(25-19)24-16-6-8-17(9-7-16)26-12-2-1-3-13-26/h6-11,18H,1-5,12-15H2,(H,23,27)(H,22,24,25). The lowest BCUT2D eigenvalue weighted by atomic mass is 10.1. The Hall–Kier alpha value is -2.67. The van der Waals surface area contributed by atoms with E-state index in [-0.39, 0.29) is 12.0 Å². The van der Waals surface area contributed by atoms with Gasteiger partial charge in [-0.2, -0.15) is 0 Å². The minimum Gasteiger partial charge on any atom is -0.376 e. The quantitative estimate of drug-likeness (QED) is 0.800. The van der Waals surface area contributed by atoms with Crippen molar-refractivity contribution < 1.29 is 9.53 Å². The molecular formula is C21H27N5O2. The summed E-state index contributed by atoms with van der Waals surface area (Å²) in [5.41, 5.74) is 2.49. The molecule has 3 heterocycles. The Morgan fingerprint density at radius 3 is 2.68 bits per heavy atom. The van der Waals surface area contributed by atoms with Crippen LogP contribution in [0.1, 0.15) is 42.6 Å². The minimum atomic E-state index is -0.207. The van der Waals surface area contributed by atoms with E-state index < -0.39 is 0 Å². The number of piperidine rings is 1. The first kappa shape index (κ1) is 18.7. The van der Waals surface area contributed by atoms with Gasteiger partial charge in [0, 0.05) is 43.8 Å². The Labute approximate surface area is 165 Å². The third kappa shape index (κ3) is 4.78. The van der Waals surface area contributed by atoms with Gasteiger partial charge in [0.05, 0.1) is 6.10 Å². The molecule has 1 unspecified atom stereocenters. The molecule has 1 atom stereocenters. The van der Waals surface area contributed by atoms with Crippen LogP contribution in [-0.4, -0.2) is 48.2 Å². The fourth-order valence-corrected chi connectivity index (χ4v) is 3.68. The molecule has 7 heteroatoms. The van der Waals surface area contributed by atoms with Gasteiger partial charge in [-0.15, -0.1) is 0 Å². The fraction of sp³-hybridized carbons (Fsp3) is 0.476. The van der Waals surface area contributed by atoms with Crippen LogP contribution in [0, 0.1) is 0 Å². The van der Waals surface area contributed by atoms with Crippen LogP contribution in [-0.2, 0) is 4.74 Å². The van der Waals surface area contributed by atoms with Crippen molar-refractivity contribution in [3.63, 3.8) is 0 Å². The van der Waals surface area contributed by atoms with Crippen LogP contribution in [0.4, 0.5) is 17.3 Å². The van der Waals surface area contributed by atoms with Gasteiger partial charge in [0.15, 0.2) is 0 Å². The highest BCUT2D eigenvalue weighted by Crippen LogP contribution is 2.23. The zero-order chi connectivity index (χ0) is 19.2. The highest BCUT2D eigenvalue weighted by atomic mass is 16.5. The summed E-state index contributed by atoms with van der Waals surface area (Å²) in [5, 5.41) is 6.07. The first-order chi connectivity index (χ1) is 13.8. The molecule has 0 aliphatic carbocycles. The van der Waals surface area contributed by atoms with Gasteiger partial charge in [-0.05, 0) is 62.4 Å². The summed E-state index contributed by atoms with van der Waals surface area (Å²) in [6.45, 7) is 3.54. The van der Waals surface area contributed by atoms with Crippen molar-refractivity contribution in [2.24, 2.45) is 0 Å². The number of hydrogen-bond donors (Lipinski definition) is 2. The van der Waals surface area contributed by atoms with Crippen LogP contribution in [0.25, 0.3) is 0 Å². The molecule has 148 valence electrons. The van der Waals surface area contributed by atoms with Gasteiger partial charge in [-0.3, -0.25) is 4.79 Å². The molecule has 2 N–H and O–H groups in total. The average Bonchev–Trinajstić information content (AvgIpc) is 3.27. The summed E-state index contributed by atoms with van der Waals surface area (Å²) in [6.07, 6.45) is 7.60. The number of rotatable bonds is 6. The number of nitrogens with one attached hydrogen (secondary N) is 2. The Kier molecular flexibility index (Phi) is 6.01. The van der Waals surface area contributed by atoms with E-state index in [4.69, 9.17) is 4.74 Å². The Balaban J connectivity index is 1.35. The SMILES string of the molecule is O=C(NCC1CCCO1)c1ccnc(Nc2ccc(N3CCCCC3)cc2)n1. The normalized spacial score (nSPS) is 19.4. The highest BCUT2D eigenvalue weighted by molar-refractivity contribution is 5.92. The van der Waals surface area contributed by atoms with E-state index in [1.807, 2.05) is 12.1 Å². The van der Waals surface area contributed by atoms with Crippen molar-refractivity contribution in [1.82, 2.24) is 15.3 Å². The topological polar surface area (TPSA) is 79.4 Å². The molecule has 1 aromatic carbocycles. The average molecular weight is 381 g/mol. The largest absolute Gasteiger partial charge is 0.376 e. The maximum atomic E-state index is 12.3. The first-order valence-corrected chi connectivity index (χ1v) is 10.1. The van der Waals surface area contributed by atoms with E-state index >= 15 is 0 Å². The molecule has 4 rings (SSSR count). The molecule has 1 amide bonds. The second kappa shape index (κ2) is 9.01. The molecule has 1 aromatic heterocycles. The van der Waals surface area contributed by atoms with E-state index in [2.05, 4.69) is 37.6 Å². The summed E-state index contributed by atoms with van der Waals surface area (Å²) in [4.78, 5) is 23.3. The number of amides is 1. The van der Waals surface area contributed by atoms with Gasteiger partial charge >= 0.3 is 0 Å². The Bertz CT molecular complexity index is 784. The number of carbonyl (C=O) groups is 1. The number of benzene rings is 1. The second-order valence-electron chi connectivity index (χ2n) is 7.33. The van der Waals surface area contributed by atoms with Crippen LogP contribution in [0.3, 0.4) is 0 Å². The van der Waals surface area contributed by atoms with Gasteiger partial charge < -0.3 is 20.3 Å². The molecule has 28 heavy (non-hydrogen) atoms. The Morgan fingerprint density at radius 2 is 1.93 bits per heavy atom. The summed E-state index contributed by atoms with van der Waals surface area (Å²) < 4.78 is 5.53. The highest BCUT2D eigenvalue weighted by Gasteiger charge is 2.17. The molecule has 0 spiro atoms. The lowest BCUT2D eigenvalue weighted by Crippen LogP contribution is -2.32. The number of aromatic nitrogens is 2. The van der Waals surface area contributed by atoms with E-state index in [9.17, 15) is 4.79 Å². The maximum absolute atomic E-state index is 12.3. The predicted octanol–water partition coefficient (Wildman–Crippen LogP) is 3.12. The lowest BCUT2D eigenvalue weighted by Gasteiger charge is -2.28. The Morgan fingerprint density at radius 1 is 1.11 bits per heavy atom. The van der Waals surface area contributed by atoms with Crippen LogP contribution in [0.15, 0.2) is 36.5 Å². The van der Waals surface area contributed by atoms with Gasteiger partial charge in [0.25, 0.3) is 5.91 Å². The molecule has 2 fully saturated rings. The van der Waals surface area contributed by atoms with Crippen molar-refractivity contribution in [3.8, 4) is 0 Å². The third-order valence-electron chi connectivity index (χ3n) is 5.25. The summed E-state index contributed by atoms with van der Waals surface area (Å²) in [6, 6.07) is 9.90. The van der Waals surface area contributed by atoms with Gasteiger partial charge in [-0.1, -0.05) is 0 Å². The fourth-order valence-electron chi connectivity index (χ4n) is 3.68. The van der Waals surface area contributed by atoms with E-state index in [1.54, 1.807) is 12.3 Å². The van der Waals surface area contributed by atoms with Gasteiger partial charge in [0.2, 0.25) is 5.95 Å². The lowest BCUT2D eigenvalue weighted by molar-refractivity contribution is 0.0853. The zero-order valence-corrected chi connectivity index (χ0v) is 16.1. The first-order valence-electron chi connectivity index (χ1n) is 10.1. The molecule has 0 radical (unpaired) electrons. The molecule has 2 aliphatic heterocycles.